The highest BCUT2D eigenvalue weighted by atomic mass is 32.1. The quantitative estimate of drug-likeness (QED) is 0.467. The summed E-state index contributed by atoms with van der Waals surface area (Å²) in [5.41, 5.74) is 1.44. The third-order valence-corrected chi connectivity index (χ3v) is 7.22. The number of carbonyl (C=O) groups is 1. The summed E-state index contributed by atoms with van der Waals surface area (Å²) in [7, 11) is 0. The lowest BCUT2D eigenvalue weighted by Gasteiger charge is -2.03. The number of aryl methyl sites for hydroxylation is 2. The van der Waals surface area contributed by atoms with Gasteiger partial charge in [-0.05, 0) is 30.4 Å². The van der Waals surface area contributed by atoms with Gasteiger partial charge in [0.15, 0.2) is 5.13 Å². The van der Waals surface area contributed by atoms with Crippen molar-refractivity contribution in [3.8, 4) is 10.6 Å². The molecule has 4 aromatic rings. The molecule has 4 rings (SSSR count). The molecule has 9 heteroatoms. The molecule has 4 heterocycles. The SMILES string of the molecule is CCCCn1cnc2sc(C(=O)Nc3nc(-c4cccs4)cs3)c(C)c2c1=O. The summed E-state index contributed by atoms with van der Waals surface area (Å²) in [6, 6.07) is 3.97. The molecule has 1 amide bonds. The van der Waals surface area contributed by atoms with Gasteiger partial charge in [0.2, 0.25) is 0 Å². The van der Waals surface area contributed by atoms with Crippen molar-refractivity contribution in [1.29, 1.82) is 0 Å². The van der Waals surface area contributed by atoms with Crippen LogP contribution in [0.2, 0.25) is 0 Å². The van der Waals surface area contributed by atoms with Crippen LogP contribution in [-0.4, -0.2) is 20.4 Å². The van der Waals surface area contributed by atoms with Gasteiger partial charge in [0, 0.05) is 11.9 Å². The van der Waals surface area contributed by atoms with Crippen LogP contribution in [-0.2, 0) is 6.54 Å². The molecule has 4 aromatic heterocycles. The van der Waals surface area contributed by atoms with E-state index in [1.54, 1.807) is 29.2 Å². The molecule has 0 radical (unpaired) electrons. The number of hydrogen-bond donors (Lipinski definition) is 1. The smallest absolute Gasteiger partial charge is 0.267 e. The summed E-state index contributed by atoms with van der Waals surface area (Å²) < 4.78 is 1.63. The molecule has 6 nitrogen and oxygen atoms in total. The minimum atomic E-state index is -0.257. The second kappa shape index (κ2) is 7.94. The fourth-order valence-corrected chi connectivity index (χ4v) is 5.39. The van der Waals surface area contributed by atoms with Gasteiger partial charge in [0.1, 0.15) is 4.83 Å². The zero-order valence-electron chi connectivity index (χ0n) is 15.4. The number of thiazole rings is 1. The first-order valence-electron chi connectivity index (χ1n) is 8.87. The van der Waals surface area contributed by atoms with Crippen LogP contribution in [0.25, 0.3) is 20.8 Å². The Bertz CT molecular complexity index is 1190. The van der Waals surface area contributed by atoms with E-state index in [0.717, 1.165) is 23.4 Å². The molecule has 0 unspecified atom stereocenters. The molecule has 0 saturated carbocycles. The number of thiophene rings is 2. The van der Waals surface area contributed by atoms with E-state index in [0.29, 0.717) is 32.3 Å². The Balaban J connectivity index is 1.62. The zero-order chi connectivity index (χ0) is 19.7. The van der Waals surface area contributed by atoms with Gasteiger partial charge in [-0.2, -0.15) is 0 Å². The number of fused-ring (bicyclic) bond motifs is 1. The van der Waals surface area contributed by atoms with Crippen LogP contribution in [0.5, 0.6) is 0 Å². The minimum Gasteiger partial charge on any atom is -0.299 e. The molecule has 0 aromatic carbocycles. The molecule has 0 fully saturated rings. The van der Waals surface area contributed by atoms with Crippen LogP contribution in [0.4, 0.5) is 5.13 Å². The van der Waals surface area contributed by atoms with E-state index in [-0.39, 0.29) is 11.5 Å². The Kier molecular flexibility index (Phi) is 5.38. The highest BCUT2D eigenvalue weighted by Crippen LogP contribution is 2.30. The number of aromatic nitrogens is 3. The standard InChI is InChI=1S/C19H18N4O2S3/c1-3-4-7-23-10-20-17-14(18(23)25)11(2)15(28-17)16(24)22-19-21-12(9-27-19)13-6-5-8-26-13/h5-6,8-10H,3-4,7H2,1-2H3,(H,21,22,24). The monoisotopic (exact) mass is 430 g/mol. The molecule has 28 heavy (non-hydrogen) atoms. The zero-order valence-corrected chi connectivity index (χ0v) is 17.8. The van der Waals surface area contributed by atoms with Crippen molar-refractivity contribution in [3.05, 3.63) is 50.0 Å². The van der Waals surface area contributed by atoms with E-state index >= 15 is 0 Å². The molecule has 0 aliphatic heterocycles. The Hall–Kier alpha value is -2.36. The van der Waals surface area contributed by atoms with Gasteiger partial charge in [-0.1, -0.05) is 19.4 Å². The number of amides is 1. The lowest BCUT2D eigenvalue weighted by atomic mass is 10.2. The lowest BCUT2D eigenvalue weighted by Crippen LogP contribution is -2.20. The summed E-state index contributed by atoms with van der Waals surface area (Å²) in [5.74, 6) is -0.257. The third-order valence-electron chi connectivity index (χ3n) is 4.37. The van der Waals surface area contributed by atoms with E-state index in [1.807, 2.05) is 22.9 Å². The van der Waals surface area contributed by atoms with Gasteiger partial charge < -0.3 is 0 Å². The Labute approximate surface area is 173 Å². The summed E-state index contributed by atoms with van der Waals surface area (Å²) in [6.07, 6.45) is 3.49. The fraction of sp³-hybridized carbons (Fsp3) is 0.263. The normalized spacial score (nSPS) is 11.2. The van der Waals surface area contributed by atoms with Gasteiger partial charge in [-0.3, -0.25) is 19.5 Å². The van der Waals surface area contributed by atoms with Crippen molar-refractivity contribution in [2.75, 3.05) is 5.32 Å². The average Bonchev–Trinajstić information content (AvgIpc) is 3.41. The van der Waals surface area contributed by atoms with Crippen molar-refractivity contribution in [1.82, 2.24) is 14.5 Å². The molecule has 144 valence electrons. The minimum absolute atomic E-state index is 0.0829. The van der Waals surface area contributed by atoms with E-state index in [9.17, 15) is 9.59 Å². The van der Waals surface area contributed by atoms with E-state index in [4.69, 9.17) is 0 Å². The van der Waals surface area contributed by atoms with Crippen molar-refractivity contribution < 1.29 is 4.79 Å². The number of anilines is 1. The van der Waals surface area contributed by atoms with Gasteiger partial charge >= 0.3 is 0 Å². The molecule has 0 aliphatic rings. The van der Waals surface area contributed by atoms with Crippen molar-refractivity contribution >= 4 is 55.3 Å². The predicted molar refractivity (Wildman–Crippen MR) is 117 cm³/mol. The Morgan fingerprint density at radius 1 is 1.32 bits per heavy atom. The maximum Gasteiger partial charge on any atom is 0.267 e. The topological polar surface area (TPSA) is 76.9 Å². The van der Waals surface area contributed by atoms with Gasteiger partial charge in [-0.25, -0.2) is 9.97 Å². The maximum atomic E-state index is 12.8. The highest BCUT2D eigenvalue weighted by Gasteiger charge is 2.20. The second-order valence-electron chi connectivity index (χ2n) is 6.30. The van der Waals surface area contributed by atoms with Crippen molar-refractivity contribution in [2.24, 2.45) is 0 Å². The second-order valence-corrected chi connectivity index (χ2v) is 9.11. The third kappa shape index (κ3) is 3.52. The number of nitrogens with one attached hydrogen (secondary N) is 1. The molecule has 0 spiro atoms. The van der Waals surface area contributed by atoms with Crippen LogP contribution in [0.3, 0.4) is 0 Å². The number of carbonyl (C=O) groups excluding carboxylic acids is 1. The van der Waals surface area contributed by atoms with Gasteiger partial charge in [0.05, 0.1) is 27.2 Å². The summed E-state index contributed by atoms with van der Waals surface area (Å²) in [4.78, 5) is 36.6. The van der Waals surface area contributed by atoms with Crippen LogP contribution >= 0.6 is 34.0 Å². The van der Waals surface area contributed by atoms with E-state index < -0.39 is 0 Å². The number of nitrogens with zero attached hydrogens (tertiary/aromatic N) is 3. The first kappa shape index (κ1) is 19.0. The Morgan fingerprint density at radius 3 is 2.93 bits per heavy atom. The number of unbranched alkanes of at least 4 members (excludes halogenated alkanes) is 1. The van der Waals surface area contributed by atoms with Crippen LogP contribution in [0.1, 0.15) is 35.0 Å². The van der Waals surface area contributed by atoms with Crippen LogP contribution in [0, 0.1) is 6.92 Å². The molecular formula is C19H18N4O2S3. The lowest BCUT2D eigenvalue weighted by molar-refractivity contribution is 0.103. The maximum absolute atomic E-state index is 12.8. The fourth-order valence-electron chi connectivity index (χ4n) is 2.89. The summed E-state index contributed by atoms with van der Waals surface area (Å²) in [5, 5.41) is 7.85. The largest absolute Gasteiger partial charge is 0.299 e. The van der Waals surface area contributed by atoms with Crippen LogP contribution in [0.15, 0.2) is 34.0 Å². The van der Waals surface area contributed by atoms with Crippen molar-refractivity contribution in [2.45, 2.75) is 33.2 Å². The van der Waals surface area contributed by atoms with Crippen molar-refractivity contribution in [3.63, 3.8) is 0 Å². The van der Waals surface area contributed by atoms with E-state index in [2.05, 4.69) is 22.2 Å². The first-order chi connectivity index (χ1) is 13.6. The highest BCUT2D eigenvalue weighted by molar-refractivity contribution is 7.21. The predicted octanol–water partition coefficient (Wildman–Crippen LogP) is 5.00. The molecule has 0 bridgehead atoms. The summed E-state index contributed by atoms with van der Waals surface area (Å²) >= 11 is 4.24. The van der Waals surface area contributed by atoms with E-state index in [1.165, 1.54) is 22.7 Å². The average molecular weight is 431 g/mol. The Morgan fingerprint density at radius 2 is 2.18 bits per heavy atom. The first-order valence-corrected chi connectivity index (χ1v) is 11.5. The molecule has 1 N–H and O–H groups in total. The molecular weight excluding hydrogens is 412 g/mol. The number of hydrogen-bond acceptors (Lipinski definition) is 7. The van der Waals surface area contributed by atoms with Gasteiger partial charge in [-0.15, -0.1) is 34.0 Å². The van der Waals surface area contributed by atoms with Gasteiger partial charge in [0.25, 0.3) is 11.5 Å². The molecule has 0 saturated heterocycles. The molecule has 0 atom stereocenters. The molecule has 0 aliphatic carbocycles. The summed E-state index contributed by atoms with van der Waals surface area (Å²) in [6.45, 7) is 4.53. The van der Waals surface area contributed by atoms with Crippen LogP contribution < -0.4 is 10.9 Å². The number of rotatable bonds is 6.